The Labute approximate surface area is 90.9 Å². The lowest BCUT2D eigenvalue weighted by Gasteiger charge is -1.90. The van der Waals surface area contributed by atoms with Crippen LogP contribution >= 0.6 is 0 Å². The third kappa shape index (κ3) is 3.65. The van der Waals surface area contributed by atoms with Gasteiger partial charge in [-0.1, -0.05) is 11.0 Å². The van der Waals surface area contributed by atoms with Gasteiger partial charge in [0.1, 0.15) is 5.69 Å². The second kappa shape index (κ2) is 6.01. The van der Waals surface area contributed by atoms with E-state index in [1.54, 1.807) is 0 Å². The summed E-state index contributed by atoms with van der Waals surface area (Å²) in [6.45, 7) is 0.276. The normalized spacial score (nSPS) is 8.50. The lowest BCUT2D eigenvalue weighted by atomic mass is 10.3. The van der Waals surface area contributed by atoms with Gasteiger partial charge in [0.25, 0.3) is 5.69 Å². The van der Waals surface area contributed by atoms with E-state index in [9.17, 15) is 10.1 Å². The van der Waals surface area contributed by atoms with Crippen LogP contribution in [0.2, 0.25) is 0 Å². The summed E-state index contributed by atoms with van der Waals surface area (Å²) in [6, 6.07) is 2.59. The fraction of sp³-hybridized carbons (Fsp3) is 0.222. The molecule has 0 saturated heterocycles. The molecular weight excluding hydrogens is 210 g/mol. The van der Waals surface area contributed by atoms with Gasteiger partial charge >= 0.3 is 0 Å². The van der Waals surface area contributed by atoms with Crippen molar-refractivity contribution in [3.05, 3.63) is 44.6 Å². The van der Waals surface area contributed by atoms with Gasteiger partial charge in [-0.15, -0.1) is 0 Å². The molecule has 0 aliphatic carbocycles. The molecule has 0 bridgehead atoms. The maximum absolute atomic E-state index is 10.4. The largest absolute Gasteiger partial charge is 0.273 e. The van der Waals surface area contributed by atoms with Crippen molar-refractivity contribution in [2.24, 2.45) is 5.11 Å². The molecule has 0 aromatic carbocycles. The monoisotopic (exact) mass is 217 g/mol. The van der Waals surface area contributed by atoms with Crippen LogP contribution in [0.5, 0.6) is 0 Å². The van der Waals surface area contributed by atoms with Crippen LogP contribution in [0.25, 0.3) is 10.4 Å². The zero-order chi connectivity index (χ0) is 11.8. The van der Waals surface area contributed by atoms with Crippen LogP contribution in [0.3, 0.4) is 0 Å². The number of hydrogen-bond acceptors (Lipinski definition) is 4. The number of pyridine rings is 1. The van der Waals surface area contributed by atoms with E-state index in [0.29, 0.717) is 12.1 Å². The van der Waals surface area contributed by atoms with Crippen molar-refractivity contribution in [1.29, 1.82) is 0 Å². The zero-order valence-corrected chi connectivity index (χ0v) is 8.20. The van der Waals surface area contributed by atoms with E-state index in [1.807, 2.05) is 0 Å². The summed E-state index contributed by atoms with van der Waals surface area (Å²) >= 11 is 0. The van der Waals surface area contributed by atoms with Gasteiger partial charge in [0.15, 0.2) is 0 Å². The highest BCUT2D eigenvalue weighted by Crippen LogP contribution is 2.09. The van der Waals surface area contributed by atoms with Crippen LogP contribution in [0.1, 0.15) is 12.1 Å². The van der Waals surface area contributed by atoms with Crippen LogP contribution < -0.4 is 0 Å². The van der Waals surface area contributed by atoms with Crippen molar-refractivity contribution in [1.82, 2.24) is 4.98 Å². The number of aromatic nitrogens is 1. The second-order valence-corrected chi connectivity index (χ2v) is 2.66. The SMILES string of the molecule is [N-]=[N+]=NCCC#Cc1cc([N+](=O)[O-])ccn1. The minimum atomic E-state index is -0.507. The highest BCUT2D eigenvalue weighted by Gasteiger charge is 2.04. The molecule has 0 amide bonds. The first-order chi connectivity index (χ1) is 7.74. The third-order valence-electron chi connectivity index (χ3n) is 1.57. The molecule has 1 aromatic heterocycles. The molecule has 7 nitrogen and oxygen atoms in total. The van der Waals surface area contributed by atoms with Gasteiger partial charge in [0.05, 0.1) is 11.0 Å². The van der Waals surface area contributed by atoms with Crippen LogP contribution in [0, 0.1) is 22.0 Å². The first-order valence-electron chi connectivity index (χ1n) is 4.34. The maximum Gasteiger partial charge on any atom is 0.273 e. The van der Waals surface area contributed by atoms with Gasteiger partial charge in [-0.05, 0) is 11.5 Å². The quantitative estimate of drug-likeness (QED) is 0.147. The second-order valence-electron chi connectivity index (χ2n) is 2.66. The number of nitro groups is 1. The zero-order valence-electron chi connectivity index (χ0n) is 8.20. The minimum absolute atomic E-state index is 0.0469. The van der Waals surface area contributed by atoms with Gasteiger partial charge in [-0.3, -0.25) is 10.1 Å². The molecule has 0 atom stereocenters. The van der Waals surface area contributed by atoms with Gasteiger partial charge in [0.2, 0.25) is 0 Å². The predicted octanol–water partition coefficient (Wildman–Crippen LogP) is 2.04. The summed E-state index contributed by atoms with van der Waals surface area (Å²) in [4.78, 5) is 16.4. The maximum atomic E-state index is 10.4. The average Bonchev–Trinajstić information content (AvgIpc) is 2.29. The fourth-order valence-corrected chi connectivity index (χ4v) is 0.905. The molecule has 80 valence electrons. The molecule has 0 spiro atoms. The van der Waals surface area contributed by atoms with E-state index in [4.69, 9.17) is 5.53 Å². The van der Waals surface area contributed by atoms with Gasteiger partial charge in [-0.2, -0.15) is 0 Å². The lowest BCUT2D eigenvalue weighted by molar-refractivity contribution is -0.385. The molecule has 0 aliphatic rings. The minimum Gasteiger partial charge on any atom is -0.258 e. The Morgan fingerprint density at radius 1 is 1.69 bits per heavy atom. The van der Waals surface area contributed by atoms with Crippen molar-refractivity contribution in [3.63, 3.8) is 0 Å². The van der Waals surface area contributed by atoms with Gasteiger partial charge < -0.3 is 0 Å². The average molecular weight is 217 g/mol. The van der Waals surface area contributed by atoms with Crippen LogP contribution in [0.4, 0.5) is 5.69 Å². The Morgan fingerprint density at radius 3 is 3.19 bits per heavy atom. The number of rotatable bonds is 3. The third-order valence-corrected chi connectivity index (χ3v) is 1.57. The van der Waals surface area contributed by atoms with Crippen molar-refractivity contribution in [2.45, 2.75) is 6.42 Å². The topological polar surface area (TPSA) is 105 Å². The Bertz CT molecular complexity index is 496. The molecular formula is C9H7N5O2. The number of nitrogens with zero attached hydrogens (tertiary/aromatic N) is 5. The van der Waals surface area contributed by atoms with E-state index in [-0.39, 0.29) is 12.2 Å². The molecule has 0 unspecified atom stereocenters. The van der Waals surface area contributed by atoms with Crippen molar-refractivity contribution >= 4 is 5.69 Å². The molecule has 1 heterocycles. The van der Waals surface area contributed by atoms with E-state index in [1.165, 1.54) is 18.3 Å². The first kappa shape index (κ1) is 11.5. The van der Waals surface area contributed by atoms with Crippen molar-refractivity contribution < 1.29 is 4.92 Å². The molecule has 1 rings (SSSR count). The summed E-state index contributed by atoms with van der Waals surface area (Å²) < 4.78 is 0. The summed E-state index contributed by atoms with van der Waals surface area (Å²) in [7, 11) is 0. The van der Waals surface area contributed by atoms with E-state index >= 15 is 0 Å². The molecule has 7 heteroatoms. The Morgan fingerprint density at radius 2 is 2.50 bits per heavy atom. The Hall–Kier alpha value is -2.58. The van der Waals surface area contributed by atoms with Gasteiger partial charge in [0, 0.05) is 30.1 Å². The molecule has 0 fully saturated rings. The standard InChI is InChI=1S/C9H7N5O2/c10-13-12-5-2-1-3-8-7-9(14(15)16)4-6-11-8/h4,6-7H,2,5H2. The summed E-state index contributed by atoms with van der Waals surface area (Å²) in [5.74, 6) is 5.35. The molecule has 0 aliphatic heterocycles. The van der Waals surface area contributed by atoms with Crippen molar-refractivity contribution in [3.8, 4) is 11.8 Å². The molecule has 16 heavy (non-hydrogen) atoms. The van der Waals surface area contributed by atoms with Gasteiger partial charge in [-0.25, -0.2) is 4.98 Å². The molecule has 0 N–H and O–H groups in total. The van der Waals surface area contributed by atoms with Crippen LogP contribution in [-0.2, 0) is 0 Å². The molecule has 1 aromatic rings. The van der Waals surface area contributed by atoms with Crippen molar-refractivity contribution in [2.75, 3.05) is 6.54 Å². The van der Waals surface area contributed by atoms with E-state index in [0.717, 1.165) is 0 Å². The highest BCUT2D eigenvalue weighted by atomic mass is 16.6. The molecule has 0 radical (unpaired) electrons. The Balaban J connectivity index is 2.69. The summed E-state index contributed by atoms with van der Waals surface area (Å²) in [5.41, 5.74) is 8.28. The smallest absolute Gasteiger partial charge is 0.258 e. The Kier molecular flexibility index (Phi) is 4.32. The lowest BCUT2D eigenvalue weighted by Crippen LogP contribution is -1.90. The molecule has 0 saturated carbocycles. The summed E-state index contributed by atoms with van der Waals surface area (Å²) in [5, 5.41) is 13.7. The van der Waals surface area contributed by atoms with E-state index < -0.39 is 4.92 Å². The van der Waals surface area contributed by atoms with Crippen LogP contribution in [-0.4, -0.2) is 16.5 Å². The van der Waals surface area contributed by atoms with E-state index in [2.05, 4.69) is 26.9 Å². The number of azide groups is 1. The summed E-state index contributed by atoms with van der Waals surface area (Å²) in [6.07, 6.45) is 1.73. The predicted molar refractivity (Wildman–Crippen MR) is 56.4 cm³/mol. The number of hydrogen-bond donors (Lipinski definition) is 0. The highest BCUT2D eigenvalue weighted by molar-refractivity contribution is 5.37. The fourth-order valence-electron chi connectivity index (χ4n) is 0.905. The van der Waals surface area contributed by atoms with Crippen LogP contribution in [0.15, 0.2) is 23.4 Å². The first-order valence-corrected chi connectivity index (χ1v) is 4.34.